The summed E-state index contributed by atoms with van der Waals surface area (Å²) in [4.78, 5) is 33.8. The number of carbonyl (C=O) groups excluding carboxylic acids is 1. The predicted octanol–water partition coefficient (Wildman–Crippen LogP) is 4.64. The lowest BCUT2D eigenvalue weighted by molar-refractivity contribution is -0.111. The summed E-state index contributed by atoms with van der Waals surface area (Å²) in [6.07, 6.45) is 8.17. The normalized spacial score (nSPS) is 15.4. The van der Waals surface area contributed by atoms with Gasteiger partial charge in [0.25, 0.3) is 0 Å². The number of carbonyl (C=O) groups is 2. The van der Waals surface area contributed by atoms with Crippen LogP contribution in [0.15, 0.2) is 54.7 Å². The van der Waals surface area contributed by atoms with Gasteiger partial charge in [0.1, 0.15) is 6.10 Å². The molecule has 9 heteroatoms. The molecule has 37 heavy (non-hydrogen) atoms. The number of benzene rings is 1. The zero-order chi connectivity index (χ0) is 26.2. The molecule has 1 aliphatic rings. The minimum Gasteiger partial charge on any atom is -0.478 e. The molecule has 0 spiro atoms. The molecule has 1 saturated heterocycles. The molecule has 8 nitrogen and oxygen atoms in total. The lowest BCUT2D eigenvalue weighted by atomic mass is 10.1. The molecule has 2 aromatic heterocycles. The highest BCUT2D eigenvalue weighted by atomic mass is 32.1. The second kappa shape index (κ2) is 12.9. The van der Waals surface area contributed by atoms with E-state index < -0.39 is 12.1 Å². The third kappa shape index (κ3) is 7.45. The van der Waals surface area contributed by atoms with E-state index in [9.17, 15) is 14.7 Å². The molecular formula is C28H34N4O4S. The van der Waals surface area contributed by atoms with E-state index in [1.54, 1.807) is 0 Å². The topological polar surface area (TPSA) is 95.0 Å². The van der Waals surface area contributed by atoms with Crippen molar-refractivity contribution in [1.29, 1.82) is 0 Å². The number of rotatable bonds is 11. The molecule has 0 unspecified atom stereocenters. The molecule has 1 aromatic carbocycles. The van der Waals surface area contributed by atoms with Gasteiger partial charge in [-0.1, -0.05) is 24.6 Å². The van der Waals surface area contributed by atoms with Crippen LogP contribution in [-0.2, 0) is 9.53 Å². The summed E-state index contributed by atoms with van der Waals surface area (Å²) in [5.41, 5.74) is 2.43. The molecule has 1 amide bonds. The quantitative estimate of drug-likeness (QED) is 0.354. The average Bonchev–Trinajstić information content (AvgIpc) is 3.31. The van der Waals surface area contributed by atoms with Crippen molar-refractivity contribution in [1.82, 2.24) is 14.8 Å². The SMILES string of the molecule is CN(C)C/C=C/C(=O)Nc1cccc([C@@H](OCCN2CCCCC2)c2cc3nccc(C(=O)O)c3s2)c1. The van der Waals surface area contributed by atoms with Crippen LogP contribution < -0.4 is 5.32 Å². The number of thiophene rings is 1. The Labute approximate surface area is 221 Å². The number of carboxylic acids is 1. The van der Waals surface area contributed by atoms with Crippen LogP contribution in [0, 0.1) is 0 Å². The second-order valence-corrected chi connectivity index (χ2v) is 10.5. The Morgan fingerprint density at radius 3 is 2.78 bits per heavy atom. The van der Waals surface area contributed by atoms with E-state index in [2.05, 4.69) is 15.2 Å². The number of amides is 1. The van der Waals surface area contributed by atoms with Crippen LogP contribution >= 0.6 is 11.3 Å². The van der Waals surface area contributed by atoms with Crippen LogP contribution in [0.2, 0.25) is 0 Å². The number of carboxylic acid groups (broad SMARTS) is 1. The number of fused-ring (bicyclic) bond motifs is 1. The molecule has 2 N–H and O–H groups in total. The summed E-state index contributed by atoms with van der Waals surface area (Å²) < 4.78 is 7.09. The largest absolute Gasteiger partial charge is 0.478 e. The zero-order valence-corrected chi connectivity index (χ0v) is 22.2. The standard InChI is InChI=1S/C28H34N4O4S/c1-31(2)13-7-10-25(33)30-21-9-6-8-20(18-21)26(36-17-16-32-14-4-3-5-15-32)24-19-23-27(37-24)22(28(34)35)11-12-29-23/h6-12,18-19,26H,3-5,13-17H2,1-2H3,(H,30,33)(H,34,35)/b10-7+/t26-/m1/s1. The monoisotopic (exact) mass is 522 g/mol. The Morgan fingerprint density at radius 2 is 2.03 bits per heavy atom. The molecule has 1 atom stereocenters. The van der Waals surface area contributed by atoms with Gasteiger partial charge in [-0.15, -0.1) is 11.3 Å². The van der Waals surface area contributed by atoms with Crippen molar-refractivity contribution in [2.75, 3.05) is 52.2 Å². The van der Waals surface area contributed by atoms with Crippen LogP contribution in [0.5, 0.6) is 0 Å². The average molecular weight is 523 g/mol. The molecule has 1 aliphatic heterocycles. The van der Waals surface area contributed by atoms with Gasteiger partial charge >= 0.3 is 5.97 Å². The number of piperidine rings is 1. The highest BCUT2D eigenvalue weighted by Gasteiger charge is 2.22. The van der Waals surface area contributed by atoms with Crippen molar-refractivity contribution < 1.29 is 19.4 Å². The number of pyridine rings is 1. The van der Waals surface area contributed by atoms with Gasteiger partial charge in [0.05, 0.1) is 22.4 Å². The van der Waals surface area contributed by atoms with Crippen molar-refractivity contribution in [3.05, 3.63) is 70.8 Å². The maximum absolute atomic E-state index is 12.4. The summed E-state index contributed by atoms with van der Waals surface area (Å²) >= 11 is 1.39. The number of ether oxygens (including phenoxy) is 1. The number of hydrogen-bond acceptors (Lipinski definition) is 7. The number of aromatic carboxylic acids is 1. The summed E-state index contributed by atoms with van der Waals surface area (Å²) in [5, 5.41) is 12.6. The van der Waals surface area contributed by atoms with E-state index in [0.717, 1.165) is 30.1 Å². The Balaban J connectivity index is 1.58. The van der Waals surface area contributed by atoms with Gasteiger partial charge in [0, 0.05) is 35.9 Å². The Kier molecular flexibility index (Phi) is 9.40. The summed E-state index contributed by atoms with van der Waals surface area (Å²) in [5.74, 6) is -1.17. The molecule has 3 aromatic rings. The first-order chi connectivity index (χ1) is 17.9. The second-order valence-electron chi connectivity index (χ2n) is 9.46. The molecule has 0 saturated carbocycles. The first-order valence-corrected chi connectivity index (χ1v) is 13.4. The summed E-state index contributed by atoms with van der Waals surface area (Å²) in [6, 6.07) is 11.1. The van der Waals surface area contributed by atoms with Crippen molar-refractivity contribution in [3.8, 4) is 0 Å². The molecular weight excluding hydrogens is 488 g/mol. The van der Waals surface area contributed by atoms with Crippen molar-refractivity contribution in [3.63, 3.8) is 0 Å². The van der Waals surface area contributed by atoms with Gasteiger partial charge in [0.2, 0.25) is 5.91 Å². The van der Waals surface area contributed by atoms with Gasteiger partial charge in [-0.3, -0.25) is 9.78 Å². The van der Waals surface area contributed by atoms with Crippen molar-refractivity contribution in [2.45, 2.75) is 25.4 Å². The van der Waals surface area contributed by atoms with Gasteiger partial charge in [-0.25, -0.2) is 4.79 Å². The van der Waals surface area contributed by atoms with E-state index in [1.807, 2.05) is 55.4 Å². The smallest absolute Gasteiger partial charge is 0.337 e. The fraction of sp³-hybridized carbons (Fsp3) is 0.393. The highest BCUT2D eigenvalue weighted by molar-refractivity contribution is 7.19. The number of aromatic nitrogens is 1. The maximum Gasteiger partial charge on any atom is 0.337 e. The number of nitrogens with one attached hydrogen (secondary N) is 1. The Hall–Kier alpha value is -3.11. The van der Waals surface area contributed by atoms with Crippen molar-refractivity contribution in [2.24, 2.45) is 0 Å². The molecule has 0 aliphatic carbocycles. The predicted molar refractivity (Wildman–Crippen MR) is 147 cm³/mol. The minimum absolute atomic E-state index is 0.196. The fourth-order valence-electron chi connectivity index (χ4n) is 4.41. The summed E-state index contributed by atoms with van der Waals surface area (Å²) in [7, 11) is 3.89. The van der Waals surface area contributed by atoms with Gasteiger partial charge in [-0.05, 0) is 69.9 Å². The number of anilines is 1. The molecule has 1 fully saturated rings. The number of likely N-dealkylation sites (N-methyl/N-ethyl adjacent to an activating group) is 1. The van der Waals surface area contributed by atoms with E-state index >= 15 is 0 Å². The van der Waals surface area contributed by atoms with E-state index in [4.69, 9.17) is 4.74 Å². The van der Waals surface area contributed by atoms with E-state index in [0.29, 0.717) is 29.1 Å². The van der Waals surface area contributed by atoms with Crippen LogP contribution in [0.1, 0.15) is 46.2 Å². The first kappa shape index (κ1) is 26.9. The van der Waals surface area contributed by atoms with Crippen LogP contribution in [-0.4, -0.2) is 78.6 Å². The van der Waals surface area contributed by atoms with Gasteiger partial charge in [-0.2, -0.15) is 0 Å². The molecule has 3 heterocycles. The first-order valence-electron chi connectivity index (χ1n) is 12.6. The maximum atomic E-state index is 12.4. The van der Waals surface area contributed by atoms with Crippen LogP contribution in [0.4, 0.5) is 5.69 Å². The van der Waals surface area contributed by atoms with Crippen LogP contribution in [0.25, 0.3) is 10.2 Å². The lowest BCUT2D eigenvalue weighted by Crippen LogP contribution is -2.33. The van der Waals surface area contributed by atoms with Gasteiger partial charge in [0.15, 0.2) is 0 Å². The number of hydrogen-bond donors (Lipinski definition) is 2. The van der Waals surface area contributed by atoms with E-state index in [1.165, 1.54) is 48.9 Å². The Bertz CT molecular complexity index is 1250. The minimum atomic E-state index is -0.976. The zero-order valence-electron chi connectivity index (χ0n) is 21.4. The Morgan fingerprint density at radius 1 is 1.22 bits per heavy atom. The molecule has 4 rings (SSSR count). The van der Waals surface area contributed by atoms with E-state index in [-0.39, 0.29) is 11.5 Å². The van der Waals surface area contributed by atoms with Crippen LogP contribution in [0.3, 0.4) is 0 Å². The number of nitrogens with zero attached hydrogens (tertiary/aromatic N) is 3. The highest BCUT2D eigenvalue weighted by Crippen LogP contribution is 2.37. The fourth-order valence-corrected chi connectivity index (χ4v) is 5.61. The molecule has 0 radical (unpaired) electrons. The van der Waals surface area contributed by atoms with Crippen molar-refractivity contribution >= 4 is 39.1 Å². The number of likely N-dealkylation sites (tertiary alicyclic amines) is 1. The summed E-state index contributed by atoms with van der Waals surface area (Å²) in [6.45, 7) is 4.24. The third-order valence-corrected chi connectivity index (χ3v) is 7.46. The lowest BCUT2D eigenvalue weighted by Gasteiger charge is -2.27. The molecule has 0 bridgehead atoms. The third-order valence-electron chi connectivity index (χ3n) is 6.26. The van der Waals surface area contributed by atoms with Gasteiger partial charge < -0.3 is 25.0 Å². The molecule has 196 valence electrons.